The molecule has 0 heterocycles. The molecule has 0 saturated heterocycles. The minimum atomic E-state index is -1.94. The summed E-state index contributed by atoms with van der Waals surface area (Å²) >= 11 is 0. The van der Waals surface area contributed by atoms with Gasteiger partial charge >= 0.3 is 5.97 Å². The van der Waals surface area contributed by atoms with Gasteiger partial charge in [0.05, 0.1) is 28.9 Å². The molecule has 0 amide bonds. The molecule has 2 aliphatic carbocycles. The smallest absolute Gasteiger partial charge is 0.316 e. The number of rotatable bonds is 2. The van der Waals surface area contributed by atoms with E-state index in [0.29, 0.717) is 0 Å². The van der Waals surface area contributed by atoms with Gasteiger partial charge in [-0.1, -0.05) is 24.3 Å². The normalized spacial score (nSPS) is 22.2. The number of phenolic OH excluding ortho intramolecular Hbond substituents is 2. The molecular formula is C22H18O8. The molecule has 0 aromatic heterocycles. The van der Waals surface area contributed by atoms with E-state index < -0.39 is 75.0 Å². The van der Waals surface area contributed by atoms with Crippen LogP contribution in [0.1, 0.15) is 74.0 Å². The fourth-order valence-electron chi connectivity index (χ4n) is 4.32. The number of aromatic hydroxyl groups is 2. The van der Waals surface area contributed by atoms with Crippen LogP contribution in [0.4, 0.5) is 0 Å². The van der Waals surface area contributed by atoms with Crippen LogP contribution in [-0.4, -0.2) is 50.8 Å². The monoisotopic (exact) mass is 410 g/mol. The summed E-state index contributed by atoms with van der Waals surface area (Å²) in [5.74, 6) is -6.30. The number of phenols is 2. The maximum absolute atomic E-state index is 13.1. The lowest BCUT2D eigenvalue weighted by Gasteiger charge is -2.37. The Morgan fingerprint density at radius 3 is 2.10 bits per heavy atom. The van der Waals surface area contributed by atoms with Gasteiger partial charge in [-0.15, -0.1) is 0 Å². The number of ether oxygens (including phenoxy) is 1. The van der Waals surface area contributed by atoms with E-state index in [9.17, 15) is 34.5 Å². The van der Waals surface area contributed by atoms with Crippen molar-refractivity contribution in [2.24, 2.45) is 0 Å². The zero-order chi connectivity index (χ0) is 22.0. The van der Waals surface area contributed by atoms with Crippen LogP contribution in [-0.2, 0) is 9.53 Å². The Morgan fingerprint density at radius 1 is 1.03 bits per heavy atom. The molecule has 8 heteroatoms. The van der Waals surface area contributed by atoms with Crippen LogP contribution in [0, 0.1) is 0 Å². The molecule has 0 fully saturated rings. The van der Waals surface area contributed by atoms with Gasteiger partial charge in [-0.05, 0) is 13.8 Å². The van der Waals surface area contributed by atoms with Gasteiger partial charge in [-0.25, -0.2) is 0 Å². The average Bonchev–Trinajstić information content (AvgIpc) is 2.67. The molecule has 2 aromatic rings. The highest BCUT2D eigenvalue weighted by atomic mass is 16.5. The average molecular weight is 410 g/mol. The summed E-state index contributed by atoms with van der Waals surface area (Å²) in [6.07, 6.45) is -0.548. The molecular weight excluding hydrogens is 392 g/mol. The van der Waals surface area contributed by atoms with Gasteiger partial charge < -0.3 is 20.1 Å². The lowest BCUT2D eigenvalue weighted by Crippen LogP contribution is -2.45. The van der Waals surface area contributed by atoms with Crippen molar-refractivity contribution in [3.05, 3.63) is 57.6 Å². The molecule has 30 heavy (non-hydrogen) atoms. The van der Waals surface area contributed by atoms with Gasteiger partial charge in [-0.2, -0.15) is 0 Å². The van der Waals surface area contributed by atoms with E-state index in [1.54, 1.807) is 19.1 Å². The number of carbonyl (C=O) groups is 4. The number of hydrogen-bond acceptors (Lipinski definition) is 8. The molecule has 3 N–H and O–H groups in total. The Bertz CT molecular complexity index is 1160. The molecule has 0 radical (unpaired) electrons. The van der Waals surface area contributed by atoms with Crippen LogP contribution in [0.15, 0.2) is 24.3 Å². The Morgan fingerprint density at radius 2 is 1.57 bits per heavy atom. The Labute approximate surface area is 170 Å². The Hall–Kier alpha value is -3.52. The molecule has 154 valence electrons. The first-order valence-electron chi connectivity index (χ1n) is 9.34. The van der Waals surface area contributed by atoms with Crippen molar-refractivity contribution in [1.82, 2.24) is 0 Å². The van der Waals surface area contributed by atoms with Gasteiger partial charge in [0.15, 0.2) is 17.3 Å². The van der Waals surface area contributed by atoms with E-state index in [-0.39, 0.29) is 17.7 Å². The standard InChI is InChI=1S/C22H18O8/c1-3-30-21(28)16-13-12(11(23)8-22(16,2)29)19(26)14-15(20(13)27)18(25)10-7-5-4-6-9(10)17(14)24/h4-7,16,26-27,29H,3,8H2,1-2H3/t16-,22?/m0/s1. The predicted molar refractivity (Wildman–Crippen MR) is 102 cm³/mol. The Balaban J connectivity index is 2.09. The number of carbonyl (C=O) groups excluding carboxylic acids is 4. The van der Waals surface area contributed by atoms with Crippen LogP contribution in [0.25, 0.3) is 0 Å². The lowest BCUT2D eigenvalue weighted by atomic mass is 9.68. The van der Waals surface area contributed by atoms with E-state index >= 15 is 0 Å². The van der Waals surface area contributed by atoms with Gasteiger partial charge in [0.25, 0.3) is 0 Å². The van der Waals surface area contributed by atoms with Crippen molar-refractivity contribution in [2.45, 2.75) is 31.8 Å². The summed E-state index contributed by atoms with van der Waals surface area (Å²) in [7, 11) is 0. The quantitative estimate of drug-likeness (QED) is 0.430. The van der Waals surface area contributed by atoms with E-state index in [4.69, 9.17) is 4.74 Å². The third kappa shape index (κ3) is 2.50. The second-order valence-electron chi connectivity index (χ2n) is 7.58. The first-order chi connectivity index (χ1) is 14.1. The van der Waals surface area contributed by atoms with Crippen LogP contribution in [0.3, 0.4) is 0 Å². The van der Waals surface area contributed by atoms with Gasteiger partial charge in [0.2, 0.25) is 0 Å². The molecule has 1 unspecified atom stereocenters. The highest BCUT2D eigenvalue weighted by molar-refractivity contribution is 6.31. The number of hydrogen-bond donors (Lipinski definition) is 3. The number of esters is 1. The summed E-state index contributed by atoms with van der Waals surface area (Å²) in [6, 6.07) is 5.89. The third-order valence-corrected chi connectivity index (χ3v) is 5.59. The number of Topliss-reactive ketones (excluding diaryl/α,β-unsaturated/α-hetero) is 1. The first kappa shape index (κ1) is 19.8. The SMILES string of the molecule is CCOC(=O)[C@@H]1c2c(O)c3c(c(O)c2C(=O)CC1(C)O)C(=O)c1ccccc1C3=O. The summed E-state index contributed by atoms with van der Waals surface area (Å²) in [4.78, 5) is 51.4. The predicted octanol–water partition coefficient (Wildman–Crippen LogP) is 1.86. The molecule has 0 spiro atoms. The van der Waals surface area contributed by atoms with Crippen LogP contribution in [0.5, 0.6) is 11.5 Å². The van der Waals surface area contributed by atoms with Crippen molar-refractivity contribution in [1.29, 1.82) is 0 Å². The molecule has 8 nitrogen and oxygen atoms in total. The summed E-state index contributed by atoms with van der Waals surface area (Å²) in [5, 5.41) is 32.6. The van der Waals surface area contributed by atoms with Crippen molar-refractivity contribution in [2.75, 3.05) is 6.61 Å². The molecule has 0 saturated carbocycles. The van der Waals surface area contributed by atoms with Crippen LogP contribution >= 0.6 is 0 Å². The molecule has 0 bridgehead atoms. The minimum absolute atomic E-state index is 0.0197. The number of benzene rings is 2. The van der Waals surface area contributed by atoms with Crippen molar-refractivity contribution in [3.8, 4) is 11.5 Å². The summed E-state index contributed by atoms with van der Waals surface area (Å²) in [6.45, 7) is 2.75. The molecule has 2 aromatic carbocycles. The van der Waals surface area contributed by atoms with E-state index in [1.807, 2.05) is 0 Å². The molecule has 2 aliphatic rings. The zero-order valence-electron chi connectivity index (χ0n) is 16.2. The Kier molecular flexibility index (Phi) is 4.28. The molecule has 0 aliphatic heterocycles. The topological polar surface area (TPSA) is 138 Å². The lowest BCUT2D eigenvalue weighted by molar-refractivity contribution is -0.151. The second-order valence-corrected chi connectivity index (χ2v) is 7.58. The highest BCUT2D eigenvalue weighted by Crippen LogP contribution is 2.51. The van der Waals surface area contributed by atoms with Crippen LogP contribution in [0.2, 0.25) is 0 Å². The fraction of sp³-hybridized carbons (Fsp3) is 0.273. The van der Waals surface area contributed by atoms with E-state index in [0.717, 1.165) is 0 Å². The maximum Gasteiger partial charge on any atom is 0.316 e. The molecule has 4 rings (SSSR count). The maximum atomic E-state index is 13.1. The van der Waals surface area contributed by atoms with Crippen molar-refractivity contribution < 1.29 is 39.2 Å². The number of fused-ring (bicyclic) bond motifs is 3. The van der Waals surface area contributed by atoms with Crippen molar-refractivity contribution >= 4 is 23.3 Å². The summed E-state index contributed by atoms with van der Waals surface area (Å²) < 4.78 is 5.00. The van der Waals surface area contributed by atoms with E-state index in [1.165, 1.54) is 19.1 Å². The minimum Gasteiger partial charge on any atom is -0.507 e. The van der Waals surface area contributed by atoms with Gasteiger partial charge in [-0.3, -0.25) is 19.2 Å². The number of ketones is 3. The first-order valence-corrected chi connectivity index (χ1v) is 9.34. The van der Waals surface area contributed by atoms with Gasteiger partial charge in [0.1, 0.15) is 17.4 Å². The molecule has 2 atom stereocenters. The second kappa shape index (κ2) is 6.50. The van der Waals surface area contributed by atoms with Crippen molar-refractivity contribution in [3.63, 3.8) is 0 Å². The van der Waals surface area contributed by atoms with Crippen LogP contribution < -0.4 is 0 Å². The summed E-state index contributed by atoms with van der Waals surface area (Å²) in [5.41, 5.74) is -3.76. The zero-order valence-corrected chi connectivity index (χ0v) is 16.2. The fourth-order valence-corrected chi connectivity index (χ4v) is 4.32. The van der Waals surface area contributed by atoms with E-state index in [2.05, 4.69) is 0 Å². The highest BCUT2D eigenvalue weighted by Gasteiger charge is 2.52. The van der Waals surface area contributed by atoms with Gasteiger partial charge in [0, 0.05) is 23.1 Å². The third-order valence-electron chi connectivity index (χ3n) is 5.59. The largest absolute Gasteiger partial charge is 0.507 e. The number of aliphatic hydroxyl groups is 1.